The van der Waals surface area contributed by atoms with Crippen LogP contribution in [0.15, 0.2) is 30.3 Å². The number of hydrogen-bond acceptors (Lipinski definition) is 3. The van der Waals surface area contributed by atoms with Crippen molar-refractivity contribution in [2.75, 3.05) is 19.6 Å². The maximum absolute atomic E-state index is 12.4. The highest BCUT2D eigenvalue weighted by Crippen LogP contribution is 2.24. The fraction of sp³-hybridized carbons (Fsp3) is 0.579. The molecule has 5 nitrogen and oxygen atoms in total. The lowest BCUT2D eigenvalue weighted by molar-refractivity contribution is -0.137. The van der Waals surface area contributed by atoms with Gasteiger partial charge in [0.05, 0.1) is 0 Å². The zero-order chi connectivity index (χ0) is 16.9. The molecular formula is C19H26N2O3. The Morgan fingerprint density at radius 1 is 1.21 bits per heavy atom. The average molecular weight is 330 g/mol. The molecule has 0 aromatic heterocycles. The lowest BCUT2D eigenvalue weighted by Gasteiger charge is -2.42. The SMILES string of the molecule is C[C@H]1C[C@@H](N2CCCCC2=O)CN(C(=O)OCc2ccccc2)C1. The predicted molar refractivity (Wildman–Crippen MR) is 91.3 cm³/mol. The Hall–Kier alpha value is -2.04. The summed E-state index contributed by atoms with van der Waals surface area (Å²) in [7, 11) is 0. The van der Waals surface area contributed by atoms with Crippen LogP contribution in [0.25, 0.3) is 0 Å². The van der Waals surface area contributed by atoms with E-state index in [0.717, 1.165) is 31.4 Å². The molecule has 2 aliphatic rings. The molecule has 2 amide bonds. The summed E-state index contributed by atoms with van der Waals surface area (Å²) in [6, 6.07) is 9.83. The monoisotopic (exact) mass is 330 g/mol. The molecule has 5 heteroatoms. The predicted octanol–water partition coefficient (Wildman–Crippen LogP) is 3.05. The number of amides is 2. The first-order valence-electron chi connectivity index (χ1n) is 8.88. The molecule has 2 atom stereocenters. The maximum atomic E-state index is 12.4. The van der Waals surface area contributed by atoms with E-state index in [1.807, 2.05) is 35.2 Å². The van der Waals surface area contributed by atoms with Crippen LogP contribution in [0.1, 0.15) is 38.2 Å². The fourth-order valence-corrected chi connectivity index (χ4v) is 3.72. The molecule has 130 valence electrons. The largest absolute Gasteiger partial charge is 0.445 e. The molecule has 0 bridgehead atoms. The third-order valence-electron chi connectivity index (χ3n) is 4.90. The Morgan fingerprint density at radius 2 is 2.00 bits per heavy atom. The van der Waals surface area contributed by atoms with Crippen LogP contribution in [0.3, 0.4) is 0 Å². The van der Waals surface area contributed by atoms with Crippen LogP contribution < -0.4 is 0 Å². The quantitative estimate of drug-likeness (QED) is 0.856. The summed E-state index contributed by atoms with van der Waals surface area (Å²) in [6.45, 7) is 4.54. The second kappa shape index (κ2) is 7.69. The van der Waals surface area contributed by atoms with Crippen LogP contribution in [0.4, 0.5) is 4.79 Å². The molecule has 24 heavy (non-hydrogen) atoms. The van der Waals surface area contributed by atoms with E-state index in [2.05, 4.69) is 6.92 Å². The van der Waals surface area contributed by atoms with E-state index in [4.69, 9.17) is 4.74 Å². The van der Waals surface area contributed by atoms with Crippen LogP contribution in [-0.2, 0) is 16.1 Å². The minimum atomic E-state index is -0.278. The van der Waals surface area contributed by atoms with Gasteiger partial charge in [0.25, 0.3) is 0 Å². The summed E-state index contributed by atoms with van der Waals surface area (Å²) in [4.78, 5) is 28.4. The van der Waals surface area contributed by atoms with Crippen molar-refractivity contribution in [3.05, 3.63) is 35.9 Å². The summed E-state index contributed by atoms with van der Waals surface area (Å²) in [5.74, 6) is 0.612. The molecule has 0 aliphatic carbocycles. The lowest BCUT2D eigenvalue weighted by Crippen LogP contribution is -2.55. The van der Waals surface area contributed by atoms with E-state index < -0.39 is 0 Å². The fourth-order valence-electron chi connectivity index (χ4n) is 3.72. The Morgan fingerprint density at radius 3 is 2.75 bits per heavy atom. The molecule has 2 saturated heterocycles. The number of carbonyl (C=O) groups excluding carboxylic acids is 2. The first-order chi connectivity index (χ1) is 11.6. The molecule has 1 aromatic carbocycles. The van der Waals surface area contributed by atoms with Gasteiger partial charge in [-0.25, -0.2) is 4.79 Å². The number of carbonyl (C=O) groups is 2. The minimum Gasteiger partial charge on any atom is -0.445 e. The Balaban J connectivity index is 1.58. The number of likely N-dealkylation sites (tertiary alicyclic amines) is 2. The first-order valence-corrected chi connectivity index (χ1v) is 8.88. The molecule has 0 spiro atoms. The molecule has 0 radical (unpaired) electrons. The normalized spacial score (nSPS) is 24.8. The van der Waals surface area contributed by atoms with Crippen LogP contribution >= 0.6 is 0 Å². The first kappa shape index (κ1) is 16.8. The van der Waals surface area contributed by atoms with Gasteiger partial charge in [0.2, 0.25) is 5.91 Å². The molecule has 2 heterocycles. The highest BCUT2D eigenvalue weighted by atomic mass is 16.6. The summed E-state index contributed by atoms with van der Waals surface area (Å²) in [5.41, 5.74) is 0.985. The van der Waals surface area contributed by atoms with Gasteiger partial charge in [0.1, 0.15) is 6.61 Å². The van der Waals surface area contributed by atoms with Crippen molar-refractivity contribution in [3.63, 3.8) is 0 Å². The Labute approximate surface area is 143 Å². The van der Waals surface area contributed by atoms with Crippen molar-refractivity contribution < 1.29 is 14.3 Å². The second-order valence-corrected chi connectivity index (χ2v) is 6.98. The van der Waals surface area contributed by atoms with E-state index in [0.29, 0.717) is 25.4 Å². The van der Waals surface area contributed by atoms with Crippen molar-refractivity contribution >= 4 is 12.0 Å². The highest BCUT2D eigenvalue weighted by molar-refractivity contribution is 5.77. The average Bonchev–Trinajstić information content (AvgIpc) is 2.60. The van der Waals surface area contributed by atoms with Crippen LogP contribution in [0, 0.1) is 5.92 Å². The zero-order valence-corrected chi connectivity index (χ0v) is 14.3. The van der Waals surface area contributed by atoms with E-state index >= 15 is 0 Å². The van der Waals surface area contributed by atoms with Gasteiger partial charge in [0.15, 0.2) is 0 Å². The van der Waals surface area contributed by atoms with Crippen LogP contribution in [0.5, 0.6) is 0 Å². The molecule has 3 rings (SSSR count). The van der Waals surface area contributed by atoms with Crippen molar-refractivity contribution in [1.29, 1.82) is 0 Å². The lowest BCUT2D eigenvalue weighted by atomic mass is 9.93. The molecule has 0 unspecified atom stereocenters. The molecule has 1 aromatic rings. The van der Waals surface area contributed by atoms with Crippen LogP contribution in [0.2, 0.25) is 0 Å². The highest BCUT2D eigenvalue weighted by Gasteiger charge is 2.34. The van der Waals surface area contributed by atoms with Gasteiger partial charge in [0, 0.05) is 32.1 Å². The standard InChI is InChI=1S/C19H26N2O3/c1-15-11-17(21-10-6-5-9-18(21)22)13-20(12-15)19(23)24-14-16-7-3-2-4-8-16/h2-4,7-8,15,17H,5-6,9-14H2,1H3/t15-,17+/m0/s1. The van der Waals surface area contributed by atoms with Gasteiger partial charge >= 0.3 is 6.09 Å². The Kier molecular flexibility index (Phi) is 5.38. The molecule has 2 fully saturated rings. The van der Waals surface area contributed by atoms with Gasteiger partial charge in [-0.1, -0.05) is 37.3 Å². The third-order valence-corrected chi connectivity index (χ3v) is 4.90. The number of rotatable bonds is 3. The summed E-state index contributed by atoms with van der Waals surface area (Å²) < 4.78 is 5.46. The molecule has 2 aliphatic heterocycles. The smallest absolute Gasteiger partial charge is 0.410 e. The van der Waals surface area contributed by atoms with Gasteiger partial charge in [-0.3, -0.25) is 4.79 Å². The number of hydrogen-bond donors (Lipinski definition) is 0. The zero-order valence-electron chi connectivity index (χ0n) is 14.3. The molecule has 0 saturated carbocycles. The summed E-state index contributed by atoms with van der Waals surface area (Å²) >= 11 is 0. The number of piperidine rings is 2. The summed E-state index contributed by atoms with van der Waals surface area (Å²) in [6.07, 6.45) is 3.38. The van der Waals surface area contributed by atoms with Gasteiger partial charge in [-0.15, -0.1) is 0 Å². The van der Waals surface area contributed by atoms with E-state index in [1.54, 1.807) is 4.90 Å². The number of ether oxygens (including phenoxy) is 1. The minimum absolute atomic E-state index is 0.130. The van der Waals surface area contributed by atoms with E-state index in [9.17, 15) is 9.59 Å². The third kappa shape index (κ3) is 4.08. The topological polar surface area (TPSA) is 49.9 Å². The van der Waals surface area contributed by atoms with Gasteiger partial charge in [-0.2, -0.15) is 0 Å². The second-order valence-electron chi connectivity index (χ2n) is 6.98. The van der Waals surface area contributed by atoms with Crippen molar-refractivity contribution in [2.24, 2.45) is 5.92 Å². The van der Waals surface area contributed by atoms with Crippen molar-refractivity contribution in [3.8, 4) is 0 Å². The molecule has 0 N–H and O–H groups in total. The number of nitrogens with zero attached hydrogens (tertiary/aromatic N) is 2. The van der Waals surface area contributed by atoms with Gasteiger partial charge < -0.3 is 14.5 Å². The van der Waals surface area contributed by atoms with Gasteiger partial charge in [-0.05, 0) is 30.7 Å². The van der Waals surface area contributed by atoms with Crippen molar-refractivity contribution in [1.82, 2.24) is 9.80 Å². The Bertz CT molecular complexity index is 575. The van der Waals surface area contributed by atoms with Crippen molar-refractivity contribution in [2.45, 2.75) is 45.3 Å². The maximum Gasteiger partial charge on any atom is 0.410 e. The van der Waals surface area contributed by atoms with Crippen LogP contribution in [-0.4, -0.2) is 47.5 Å². The van der Waals surface area contributed by atoms with E-state index in [1.165, 1.54) is 0 Å². The number of benzene rings is 1. The summed E-state index contributed by atoms with van der Waals surface area (Å²) in [5, 5.41) is 0. The van der Waals surface area contributed by atoms with E-state index in [-0.39, 0.29) is 24.6 Å². The molecular weight excluding hydrogens is 304 g/mol.